The molecule has 0 aliphatic rings. The fourth-order valence-corrected chi connectivity index (χ4v) is 1.82. The van der Waals surface area contributed by atoms with Crippen LogP contribution < -0.4 is 9.47 Å². The summed E-state index contributed by atoms with van der Waals surface area (Å²) in [5.74, 6) is 1.20. The van der Waals surface area contributed by atoms with E-state index in [-0.39, 0.29) is 0 Å². The lowest BCUT2D eigenvalue weighted by atomic mass is 10.2. The van der Waals surface area contributed by atoms with Crippen LogP contribution in [0.1, 0.15) is 11.1 Å². The Kier molecular flexibility index (Phi) is 4.85. The van der Waals surface area contributed by atoms with Crippen molar-refractivity contribution in [3.8, 4) is 11.5 Å². The van der Waals surface area contributed by atoms with Crippen LogP contribution in [0, 0.1) is 0 Å². The molecular weight excluding hydrogens is 278 g/mol. The summed E-state index contributed by atoms with van der Waals surface area (Å²) in [7, 11) is 1.56. The van der Waals surface area contributed by atoms with Gasteiger partial charge in [0.05, 0.1) is 13.3 Å². The van der Waals surface area contributed by atoms with Gasteiger partial charge in [-0.25, -0.2) is 0 Å². The van der Waals surface area contributed by atoms with Crippen molar-refractivity contribution in [2.45, 2.75) is 6.61 Å². The Morgan fingerprint density at radius 1 is 1.15 bits per heavy atom. The maximum Gasteiger partial charge on any atom is 0.161 e. The van der Waals surface area contributed by atoms with Crippen LogP contribution in [0.3, 0.4) is 0 Å². The summed E-state index contributed by atoms with van der Waals surface area (Å²) in [6, 6.07) is 12.7. The molecule has 0 aromatic heterocycles. The van der Waals surface area contributed by atoms with Crippen LogP contribution in [0.2, 0.25) is 5.02 Å². The summed E-state index contributed by atoms with van der Waals surface area (Å²) >= 11 is 5.83. The van der Waals surface area contributed by atoms with Crippen LogP contribution >= 0.6 is 11.6 Å². The zero-order chi connectivity index (χ0) is 14.4. The predicted octanol–water partition coefficient (Wildman–Crippen LogP) is 3.74. The minimum Gasteiger partial charge on any atom is -0.493 e. The van der Waals surface area contributed by atoms with Crippen LogP contribution in [0.25, 0.3) is 0 Å². The zero-order valence-corrected chi connectivity index (χ0v) is 11.7. The van der Waals surface area contributed by atoms with E-state index >= 15 is 0 Å². The first-order valence-electron chi connectivity index (χ1n) is 5.95. The van der Waals surface area contributed by atoms with Gasteiger partial charge in [-0.15, -0.1) is 0 Å². The minimum atomic E-state index is 0.418. The van der Waals surface area contributed by atoms with E-state index in [2.05, 4.69) is 5.16 Å². The molecule has 5 heteroatoms. The normalized spacial score (nSPS) is 10.7. The molecule has 0 amide bonds. The molecule has 0 saturated heterocycles. The third-order valence-electron chi connectivity index (χ3n) is 2.70. The SMILES string of the molecule is COc1cc(/C=N/O)ccc1OCc1ccc(Cl)cc1. The van der Waals surface area contributed by atoms with E-state index in [0.29, 0.717) is 23.1 Å². The molecule has 0 aliphatic carbocycles. The highest BCUT2D eigenvalue weighted by molar-refractivity contribution is 6.30. The van der Waals surface area contributed by atoms with Crippen molar-refractivity contribution in [1.82, 2.24) is 0 Å². The summed E-state index contributed by atoms with van der Waals surface area (Å²) in [4.78, 5) is 0. The smallest absolute Gasteiger partial charge is 0.161 e. The molecule has 0 heterocycles. The van der Waals surface area contributed by atoms with Crippen molar-refractivity contribution in [3.63, 3.8) is 0 Å². The first-order valence-corrected chi connectivity index (χ1v) is 6.33. The van der Waals surface area contributed by atoms with Crippen molar-refractivity contribution in [1.29, 1.82) is 0 Å². The van der Waals surface area contributed by atoms with Crippen LogP contribution in [0.5, 0.6) is 11.5 Å². The number of hydrogen-bond donors (Lipinski definition) is 1. The van der Waals surface area contributed by atoms with Gasteiger partial charge in [-0.2, -0.15) is 0 Å². The topological polar surface area (TPSA) is 51.0 Å². The molecular formula is C15H14ClNO3. The Labute approximate surface area is 122 Å². The molecule has 104 valence electrons. The van der Waals surface area contributed by atoms with E-state index < -0.39 is 0 Å². The Bertz CT molecular complexity index is 597. The van der Waals surface area contributed by atoms with Gasteiger partial charge in [0.1, 0.15) is 6.61 Å². The molecule has 1 N–H and O–H groups in total. The van der Waals surface area contributed by atoms with Gasteiger partial charge in [-0.1, -0.05) is 28.9 Å². The van der Waals surface area contributed by atoms with Gasteiger partial charge in [0, 0.05) is 10.6 Å². The van der Waals surface area contributed by atoms with E-state index in [9.17, 15) is 0 Å². The number of hydrogen-bond acceptors (Lipinski definition) is 4. The number of ether oxygens (including phenoxy) is 2. The largest absolute Gasteiger partial charge is 0.493 e. The van der Waals surface area contributed by atoms with Crippen molar-refractivity contribution in [2.24, 2.45) is 5.16 Å². The van der Waals surface area contributed by atoms with Crippen molar-refractivity contribution in [3.05, 3.63) is 58.6 Å². The molecule has 2 rings (SSSR count). The summed E-state index contributed by atoms with van der Waals surface area (Å²) < 4.78 is 11.0. The van der Waals surface area contributed by atoms with Gasteiger partial charge in [0.15, 0.2) is 11.5 Å². The maximum atomic E-state index is 8.51. The molecule has 20 heavy (non-hydrogen) atoms. The van der Waals surface area contributed by atoms with Crippen molar-refractivity contribution < 1.29 is 14.7 Å². The monoisotopic (exact) mass is 291 g/mol. The Balaban J connectivity index is 2.10. The van der Waals surface area contributed by atoms with Crippen LogP contribution in [0.4, 0.5) is 0 Å². The summed E-state index contributed by atoms with van der Waals surface area (Å²) in [6.07, 6.45) is 1.32. The Hall–Kier alpha value is -2.20. The third kappa shape index (κ3) is 3.65. The third-order valence-corrected chi connectivity index (χ3v) is 2.95. The van der Waals surface area contributed by atoms with Gasteiger partial charge in [-0.3, -0.25) is 0 Å². The highest BCUT2D eigenvalue weighted by Crippen LogP contribution is 2.28. The first-order chi connectivity index (χ1) is 9.72. The molecule has 0 aliphatic heterocycles. The summed E-state index contributed by atoms with van der Waals surface area (Å²) in [5.41, 5.74) is 1.74. The van der Waals surface area contributed by atoms with E-state index in [1.54, 1.807) is 25.3 Å². The molecule has 0 fully saturated rings. The standard InChI is InChI=1S/C15H14ClNO3/c1-19-15-8-12(9-17-18)4-7-14(15)20-10-11-2-5-13(16)6-3-11/h2-9,18H,10H2,1H3/b17-9+. The first kappa shape index (κ1) is 14.2. The van der Waals surface area contributed by atoms with Gasteiger partial charge >= 0.3 is 0 Å². The number of halogens is 1. The molecule has 4 nitrogen and oxygen atoms in total. The van der Waals surface area contributed by atoms with E-state index in [4.69, 9.17) is 26.3 Å². The second-order valence-electron chi connectivity index (χ2n) is 4.07. The second-order valence-corrected chi connectivity index (χ2v) is 4.51. The zero-order valence-electron chi connectivity index (χ0n) is 10.9. The highest BCUT2D eigenvalue weighted by atomic mass is 35.5. The fourth-order valence-electron chi connectivity index (χ4n) is 1.69. The molecule has 0 bridgehead atoms. The molecule has 2 aromatic carbocycles. The number of methoxy groups -OCH3 is 1. The van der Waals surface area contributed by atoms with E-state index in [0.717, 1.165) is 11.1 Å². The number of benzene rings is 2. The summed E-state index contributed by atoms with van der Waals surface area (Å²) in [5, 5.41) is 12.2. The fraction of sp³-hybridized carbons (Fsp3) is 0.133. The Morgan fingerprint density at radius 3 is 2.55 bits per heavy atom. The lowest BCUT2D eigenvalue weighted by molar-refractivity contribution is 0.284. The average molecular weight is 292 g/mol. The average Bonchev–Trinajstić information content (AvgIpc) is 2.47. The lowest BCUT2D eigenvalue weighted by Crippen LogP contribution is -1.98. The molecule has 0 radical (unpaired) electrons. The van der Waals surface area contributed by atoms with Crippen LogP contribution in [0.15, 0.2) is 47.6 Å². The number of oxime groups is 1. The summed E-state index contributed by atoms with van der Waals surface area (Å²) in [6.45, 7) is 0.418. The Morgan fingerprint density at radius 2 is 1.90 bits per heavy atom. The van der Waals surface area contributed by atoms with Crippen LogP contribution in [-0.2, 0) is 6.61 Å². The quantitative estimate of drug-likeness (QED) is 0.519. The highest BCUT2D eigenvalue weighted by Gasteiger charge is 2.05. The van der Waals surface area contributed by atoms with Gasteiger partial charge in [0.2, 0.25) is 0 Å². The maximum absolute atomic E-state index is 8.51. The minimum absolute atomic E-state index is 0.418. The predicted molar refractivity (Wildman–Crippen MR) is 78.2 cm³/mol. The molecule has 2 aromatic rings. The van der Waals surface area contributed by atoms with Gasteiger partial charge in [-0.05, 0) is 35.9 Å². The van der Waals surface area contributed by atoms with Crippen LogP contribution in [-0.4, -0.2) is 18.5 Å². The molecule has 0 atom stereocenters. The van der Waals surface area contributed by atoms with Crippen molar-refractivity contribution >= 4 is 17.8 Å². The molecule has 0 spiro atoms. The van der Waals surface area contributed by atoms with E-state index in [1.165, 1.54) is 6.21 Å². The molecule has 0 saturated carbocycles. The molecule has 0 unspecified atom stereocenters. The number of rotatable bonds is 5. The second kappa shape index (κ2) is 6.82. The van der Waals surface area contributed by atoms with E-state index in [1.807, 2.05) is 24.3 Å². The van der Waals surface area contributed by atoms with Crippen molar-refractivity contribution in [2.75, 3.05) is 7.11 Å². The van der Waals surface area contributed by atoms with Gasteiger partial charge in [0.25, 0.3) is 0 Å². The van der Waals surface area contributed by atoms with Gasteiger partial charge < -0.3 is 14.7 Å². The number of nitrogens with zero attached hydrogens (tertiary/aromatic N) is 1. The lowest BCUT2D eigenvalue weighted by Gasteiger charge is -2.11.